The second-order valence-corrected chi connectivity index (χ2v) is 8.36. The molecule has 1 saturated heterocycles. The van der Waals surface area contributed by atoms with Crippen LogP contribution in [0.25, 0.3) is 0 Å². The number of benzene rings is 2. The number of hydrogen-bond acceptors (Lipinski definition) is 2. The Kier molecular flexibility index (Phi) is 6.11. The van der Waals surface area contributed by atoms with Crippen LogP contribution in [0.5, 0.6) is 5.75 Å². The molecule has 144 valence electrons. The Labute approximate surface area is 167 Å². The maximum atomic E-state index is 13.0. The van der Waals surface area contributed by atoms with E-state index >= 15 is 0 Å². The van der Waals surface area contributed by atoms with Gasteiger partial charge in [-0.25, -0.2) is 0 Å². The fourth-order valence-electron chi connectivity index (χ4n) is 3.69. The van der Waals surface area contributed by atoms with E-state index in [9.17, 15) is 4.79 Å². The molecular formula is C23H28ClNO2. The third kappa shape index (κ3) is 5.04. The number of rotatable bonds is 5. The molecule has 3 nitrogen and oxygen atoms in total. The van der Waals surface area contributed by atoms with E-state index in [1.54, 1.807) is 0 Å². The molecule has 2 aromatic carbocycles. The fraction of sp³-hybridized carbons (Fsp3) is 0.435. The van der Waals surface area contributed by atoms with E-state index in [0.29, 0.717) is 16.7 Å². The Balaban J connectivity index is 1.56. The van der Waals surface area contributed by atoms with E-state index in [1.165, 1.54) is 5.56 Å². The zero-order valence-electron chi connectivity index (χ0n) is 16.4. The molecule has 1 fully saturated rings. The van der Waals surface area contributed by atoms with Crippen LogP contribution < -0.4 is 4.74 Å². The molecular weight excluding hydrogens is 358 g/mol. The highest BCUT2D eigenvalue weighted by Crippen LogP contribution is 2.27. The predicted octanol–water partition coefficient (Wildman–Crippen LogP) is 5.29. The molecule has 0 spiro atoms. The van der Waals surface area contributed by atoms with Crippen molar-refractivity contribution in [2.24, 2.45) is 5.92 Å². The Morgan fingerprint density at radius 1 is 1.15 bits per heavy atom. The number of hydrogen-bond donors (Lipinski definition) is 0. The lowest BCUT2D eigenvalue weighted by molar-refractivity contribution is -0.146. The first-order chi connectivity index (χ1) is 12.8. The molecule has 3 rings (SSSR count). The Bertz CT molecular complexity index is 780. The zero-order valence-corrected chi connectivity index (χ0v) is 17.1. The van der Waals surface area contributed by atoms with Crippen molar-refractivity contribution < 1.29 is 9.53 Å². The highest BCUT2D eigenvalue weighted by molar-refractivity contribution is 6.31. The summed E-state index contributed by atoms with van der Waals surface area (Å²) < 4.78 is 6.03. The Hall–Kier alpha value is -2.00. The van der Waals surface area contributed by atoms with Gasteiger partial charge in [-0.15, -0.1) is 0 Å². The second-order valence-electron chi connectivity index (χ2n) is 7.95. The van der Waals surface area contributed by atoms with Gasteiger partial charge in [0, 0.05) is 18.1 Å². The van der Waals surface area contributed by atoms with Crippen LogP contribution in [-0.2, 0) is 11.2 Å². The van der Waals surface area contributed by atoms with Crippen molar-refractivity contribution in [3.05, 3.63) is 64.7 Å². The number of amides is 1. The number of carbonyl (C=O) groups excluding carboxylic acids is 1. The third-order valence-corrected chi connectivity index (χ3v) is 5.71. The molecule has 1 aliphatic heterocycles. The number of aryl methyl sites for hydroxylation is 1. The van der Waals surface area contributed by atoms with Crippen LogP contribution in [0.2, 0.25) is 5.02 Å². The third-order valence-electron chi connectivity index (χ3n) is 5.29. The molecule has 0 N–H and O–H groups in total. The summed E-state index contributed by atoms with van der Waals surface area (Å²) in [7, 11) is 0. The monoisotopic (exact) mass is 385 g/mol. The van der Waals surface area contributed by atoms with E-state index in [0.717, 1.165) is 37.9 Å². The summed E-state index contributed by atoms with van der Waals surface area (Å²) in [5.74, 6) is 1.36. The minimum Gasteiger partial charge on any atom is -0.478 e. The number of halogens is 1. The van der Waals surface area contributed by atoms with Gasteiger partial charge in [-0.3, -0.25) is 4.79 Å². The van der Waals surface area contributed by atoms with Crippen molar-refractivity contribution in [2.45, 2.75) is 45.6 Å². The van der Waals surface area contributed by atoms with Gasteiger partial charge in [-0.05, 0) is 75.3 Å². The van der Waals surface area contributed by atoms with E-state index in [-0.39, 0.29) is 5.91 Å². The highest BCUT2D eigenvalue weighted by atomic mass is 35.5. The lowest BCUT2D eigenvalue weighted by Gasteiger charge is -2.37. The topological polar surface area (TPSA) is 29.5 Å². The van der Waals surface area contributed by atoms with E-state index in [2.05, 4.69) is 30.3 Å². The van der Waals surface area contributed by atoms with Crippen LogP contribution in [0.3, 0.4) is 0 Å². The average Bonchev–Trinajstić information content (AvgIpc) is 2.65. The number of likely N-dealkylation sites (tertiary alicyclic amines) is 1. The van der Waals surface area contributed by atoms with Gasteiger partial charge in [0.05, 0.1) is 0 Å². The average molecular weight is 386 g/mol. The first-order valence-corrected chi connectivity index (χ1v) is 10.0. The fourth-order valence-corrected chi connectivity index (χ4v) is 3.80. The van der Waals surface area contributed by atoms with Crippen molar-refractivity contribution in [2.75, 3.05) is 13.1 Å². The first kappa shape index (κ1) is 19.8. The standard InChI is InChI=1S/C23H28ClNO2/c1-17-15-20(9-10-21(17)24)27-23(2,3)22(26)25-13-11-19(12-14-25)16-18-7-5-4-6-8-18/h4-10,15,19H,11-14,16H2,1-3H3. The smallest absolute Gasteiger partial charge is 0.266 e. The van der Waals surface area contributed by atoms with Crippen molar-refractivity contribution in [3.8, 4) is 5.75 Å². The van der Waals surface area contributed by atoms with Crippen molar-refractivity contribution >= 4 is 17.5 Å². The van der Waals surface area contributed by atoms with Crippen molar-refractivity contribution in [1.29, 1.82) is 0 Å². The number of carbonyl (C=O) groups is 1. The molecule has 1 aliphatic rings. The van der Waals surface area contributed by atoms with Crippen molar-refractivity contribution in [3.63, 3.8) is 0 Å². The highest BCUT2D eigenvalue weighted by Gasteiger charge is 2.36. The minimum atomic E-state index is -0.896. The van der Waals surface area contributed by atoms with Crippen LogP contribution >= 0.6 is 11.6 Å². The van der Waals surface area contributed by atoms with Crippen LogP contribution in [0.4, 0.5) is 0 Å². The molecule has 1 heterocycles. The van der Waals surface area contributed by atoms with E-state index in [1.807, 2.05) is 43.9 Å². The van der Waals surface area contributed by atoms with Gasteiger partial charge in [0.25, 0.3) is 5.91 Å². The van der Waals surface area contributed by atoms with Crippen molar-refractivity contribution in [1.82, 2.24) is 4.90 Å². The van der Waals surface area contributed by atoms with Gasteiger partial charge < -0.3 is 9.64 Å². The predicted molar refractivity (Wildman–Crippen MR) is 110 cm³/mol. The van der Waals surface area contributed by atoms with Gasteiger partial charge in [0.1, 0.15) is 5.75 Å². The van der Waals surface area contributed by atoms with Gasteiger partial charge in [0.15, 0.2) is 5.60 Å². The summed E-state index contributed by atoms with van der Waals surface area (Å²) in [6, 6.07) is 16.1. The number of nitrogens with zero attached hydrogens (tertiary/aromatic N) is 1. The molecule has 0 radical (unpaired) electrons. The van der Waals surface area contributed by atoms with Crippen LogP contribution in [0.1, 0.15) is 37.8 Å². The molecule has 4 heteroatoms. The maximum absolute atomic E-state index is 13.0. The molecule has 0 aromatic heterocycles. The molecule has 2 aromatic rings. The minimum absolute atomic E-state index is 0.0493. The molecule has 0 unspecified atom stereocenters. The summed E-state index contributed by atoms with van der Waals surface area (Å²) >= 11 is 6.08. The van der Waals surface area contributed by atoms with E-state index < -0.39 is 5.60 Å². The maximum Gasteiger partial charge on any atom is 0.266 e. The molecule has 0 atom stereocenters. The first-order valence-electron chi connectivity index (χ1n) is 9.63. The largest absolute Gasteiger partial charge is 0.478 e. The SMILES string of the molecule is Cc1cc(OC(C)(C)C(=O)N2CCC(Cc3ccccc3)CC2)ccc1Cl. The number of ether oxygens (including phenoxy) is 1. The summed E-state index contributed by atoms with van der Waals surface area (Å²) in [6.45, 7) is 7.21. The van der Waals surface area contributed by atoms with Crippen LogP contribution in [0, 0.1) is 12.8 Å². The molecule has 0 saturated carbocycles. The van der Waals surface area contributed by atoms with Gasteiger partial charge >= 0.3 is 0 Å². The lowest BCUT2D eigenvalue weighted by Crippen LogP contribution is -2.51. The lowest BCUT2D eigenvalue weighted by atomic mass is 9.89. The van der Waals surface area contributed by atoms with E-state index in [4.69, 9.17) is 16.3 Å². The quantitative estimate of drug-likeness (QED) is 0.700. The summed E-state index contributed by atoms with van der Waals surface area (Å²) in [5, 5.41) is 0.701. The molecule has 0 bridgehead atoms. The normalized spacial score (nSPS) is 15.6. The Morgan fingerprint density at radius 2 is 1.81 bits per heavy atom. The van der Waals surface area contributed by atoms with Crippen LogP contribution in [-0.4, -0.2) is 29.5 Å². The second kappa shape index (κ2) is 8.35. The number of piperidine rings is 1. The zero-order chi connectivity index (χ0) is 19.4. The summed E-state index contributed by atoms with van der Waals surface area (Å²) in [4.78, 5) is 15.0. The summed E-state index contributed by atoms with van der Waals surface area (Å²) in [5.41, 5.74) is 1.43. The molecule has 27 heavy (non-hydrogen) atoms. The Morgan fingerprint density at radius 3 is 2.44 bits per heavy atom. The van der Waals surface area contributed by atoms with Gasteiger partial charge in [-0.2, -0.15) is 0 Å². The van der Waals surface area contributed by atoms with Gasteiger partial charge in [0.2, 0.25) is 0 Å². The summed E-state index contributed by atoms with van der Waals surface area (Å²) in [6.07, 6.45) is 3.17. The molecule has 1 amide bonds. The van der Waals surface area contributed by atoms with Crippen LogP contribution in [0.15, 0.2) is 48.5 Å². The molecule has 0 aliphatic carbocycles. The van der Waals surface area contributed by atoms with Gasteiger partial charge in [-0.1, -0.05) is 41.9 Å².